The molecular weight excluding hydrogens is 384 g/mol. The summed E-state index contributed by atoms with van der Waals surface area (Å²) in [4.78, 5) is 22.5. The van der Waals surface area contributed by atoms with Crippen LogP contribution in [0.4, 0.5) is 5.13 Å². The Hall–Kier alpha value is -3.32. The first-order chi connectivity index (χ1) is 14.0. The summed E-state index contributed by atoms with van der Waals surface area (Å²) in [6.07, 6.45) is 0. The molecule has 146 valence electrons. The molecule has 0 saturated carbocycles. The minimum Gasteiger partial charge on any atom is -0.333 e. The molecule has 4 rings (SSSR count). The summed E-state index contributed by atoms with van der Waals surface area (Å²) in [5.41, 5.74) is 3.39. The van der Waals surface area contributed by atoms with Gasteiger partial charge in [-0.15, -0.1) is 0 Å². The van der Waals surface area contributed by atoms with Crippen LogP contribution in [0.1, 0.15) is 41.4 Å². The molecule has 6 nitrogen and oxygen atoms in total. The summed E-state index contributed by atoms with van der Waals surface area (Å²) >= 11 is 1.34. The predicted molar refractivity (Wildman–Crippen MR) is 114 cm³/mol. The van der Waals surface area contributed by atoms with Gasteiger partial charge < -0.3 is 4.52 Å². The largest absolute Gasteiger partial charge is 0.333 e. The van der Waals surface area contributed by atoms with Gasteiger partial charge in [0.15, 0.2) is 5.13 Å². The second-order valence-electron chi connectivity index (χ2n) is 7.00. The standard InChI is InChI=1S/C22H20N4O2S/c1-13(2)17-18(21-24-19(26-28-21)15-7-5-4-6-8-15)29-22(23-17)25-20(27)16-11-9-14(3)10-12-16/h4-13H,1-3H3,(H,23,25,27). The summed E-state index contributed by atoms with van der Waals surface area (Å²) in [5, 5.41) is 7.48. The molecule has 0 aliphatic carbocycles. The van der Waals surface area contributed by atoms with Crippen LogP contribution in [0.5, 0.6) is 0 Å². The minimum atomic E-state index is -0.198. The number of hydrogen-bond acceptors (Lipinski definition) is 6. The van der Waals surface area contributed by atoms with Gasteiger partial charge in [-0.3, -0.25) is 10.1 Å². The molecule has 4 aromatic rings. The third kappa shape index (κ3) is 4.09. The highest BCUT2D eigenvalue weighted by molar-refractivity contribution is 7.19. The molecule has 1 N–H and O–H groups in total. The molecule has 0 spiro atoms. The molecule has 0 atom stereocenters. The van der Waals surface area contributed by atoms with Crippen LogP contribution in [0.3, 0.4) is 0 Å². The van der Waals surface area contributed by atoms with E-state index in [1.54, 1.807) is 12.1 Å². The first-order valence-electron chi connectivity index (χ1n) is 9.29. The maximum atomic E-state index is 12.5. The van der Waals surface area contributed by atoms with E-state index in [1.165, 1.54) is 11.3 Å². The van der Waals surface area contributed by atoms with Crippen molar-refractivity contribution in [1.29, 1.82) is 0 Å². The van der Waals surface area contributed by atoms with E-state index >= 15 is 0 Å². The molecule has 0 unspecified atom stereocenters. The number of benzene rings is 2. The number of carbonyl (C=O) groups is 1. The predicted octanol–water partition coefficient (Wildman–Crippen LogP) is 5.54. The third-order valence-corrected chi connectivity index (χ3v) is 5.36. The third-order valence-electron chi connectivity index (χ3n) is 4.39. The Kier molecular flexibility index (Phi) is 5.22. The second-order valence-corrected chi connectivity index (χ2v) is 8.00. The van der Waals surface area contributed by atoms with Gasteiger partial charge in [0.05, 0.1) is 5.69 Å². The zero-order chi connectivity index (χ0) is 20.4. The fourth-order valence-corrected chi connectivity index (χ4v) is 3.86. The molecule has 0 bridgehead atoms. The van der Waals surface area contributed by atoms with Gasteiger partial charge in [-0.2, -0.15) is 4.98 Å². The van der Waals surface area contributed by atoms with Crippen molar-refractivity contribution in [2.24, 2.45) is 0 Å². The Morgan fingerprint density at radius 3 is 2.45 bits per heavy atom. The number of aromatic nitrogens is 3. The van der Waals surface area contributed by atoms with E-state index in [2.05, 4.69) is 20.4 Å². The fraction of sp³-hybridized carbons (Fsp3) is 0.182. The summed E-state index contributed by atoms with van der Waals surface area (Å²) in [6, 6.07) is 17.1. The lowest BCUT2D eigenvalue weighted by Crippen LogP contribution is -2.11. The topological polar surface area (TPSA) is 80.9 Å². The van der Waals surface area contributed by atoms with Crippen LogP contribution in [0.2, 0.25) is 0 Å². The zero-order valence-electron chi connectivity index (χ0n) is 16.3. The highest BCUT2D eigenvalue weighted by Gasteiger charge is 2.22. The molecule has 2 aromatic heterocycles. The minimum absolute atomic E-state index is 0.137. The lowest BCUT2D eigenvalue weighted by Gasteiger charge is -2.02. The van der Waals surface area contributed by atoms with Crippen molar-refractivity contribution >= 4 is 22.4 Å². The van der Waals surface area contributed by atoms with Gasteiger partial charge >= 0.3 is 0 Å². The highest BCUT2D eigenvalue weighted by atomic mass is 32.1. The number of nitrogens with zero attached hydrogens (tertiary/aromatic N) is 3. The van der Waals surface area contributed by atoms with Gasteiger partial charge in [0.1, 0.15) is 4.88 Å². The molecule has 2 aromatic carbocycles. The summed E-state index contributed by atoms with van der Waals surface area (Å²) in [6.45, 7) is 6.06. The lowest BCUT2D eigenvalue weighted by molar-refractivity contribution is 0.102. The van der Waals surface area contributed by atoms with Gasteiger partial charge in [-0.25, -0.2) is 4.98 Å². The number of amides is 1. The van der Waals surface area contributed by atoms with Crippen LogP contribution in [0.15, 0.2) is 59.1 Å². The first-order valence-corrected chi connectivity index (χ1v) is 10.1. The van der Waals surface area contributed by atoms with Gasteiger partial charge in [0.25, 0.3) is 11.8 Å². The van der Waals surface area contributed by atoms with E-state index < -0.39 is 0 Å². The highest BCUT2D eigenvalue weighted by Crippen LogP contribution is 2.37. The molecule has 29 heavy (non-hydrogen) atoms. The van der Waals surface area contributed by atoms with Crippen LogP contribution in [0, 0.1) is 6.92 Å². The average Bonchev–Trinajstić information content (AvgIpc) is 3.36. The average molecular weight is 404 g/mol. The van der Waals surface area contributed by atoms with Crippen LogP contribution in [0.25, 0.3) is 22.2 Å². The van der Waals surface area contributed by atoms with Crippen molar-refractivity contribution in [2.45, 2.75) is 26.7 Å². The maximum absolute atomic E-state index is 12.5. The van der Waals surface area contributed by atoms with Crippen LogP contribution >= 0.6 is 11.3 Å². The molecule has 0 fully saturated rings. The van der Waals surface area contributed by atoms with E-state index in [-0.39, 0.29) is 11.8 Å². The van der Waals surface area contributed by atoms with Crippen molar-refractivity contribution < 1.29 is 9.32 Å². The SMILES string of the molecule is Cc1ccc(C(=O)Nc2nc(C(C)C)c(-c3nc(-c4ccccc4)no3)s2)cc1. The fourth-order valence-electron chi connectivity index (χ4n) is 2.82. The van der Waals surface area contributed by atoms with E-state index in [9.17, 15) is 4.79 Å². The lowest BCUT2D eigenvalue weighted by atomic mass is 10.1. The van der Waals surface area contributed by atoms with E-state index in [0.717, 1.165) is 21.7 Å². The summed E-state index contributed by atoms with van der Waals surface area (Å²) in [5.74, 6) is 0.865. The maximum Gasteiger partial charge on any atom is 0.270 e. The molecule has 1 amide bonds. The Morgan fingerprint density at radius 2 is 1.76 bits per heavy atom. The second kappa shape index (κ2) is 7.97. The number of nitrogens with one attached hydrogen (secondary N) is 1. The monoisotopic (exact) mass is 404 g/mol. The van der Waals surface area contributed by atoms with Gasteiger partial charge in [0, 0.05) is 11.1 Å². The Balaban J connectivity index is 1.63. The molecule has 0 radical (unpaired) electrons. The summed E-state index contributed by atoms with van der Waals surface area (Å²) in [7, 11) is 0. The molecule has 0 aliphatic heterocycles. The van der Waals surface area contributed by atoms with Crippen molar-refractivity contribution in [2.75, 3.05) is 5.32 Å². The Bertz CT molecular complexity index is 1130. The molecule has 2 heterocycles. The molecule has 0 aliphatic rings. The van der Waals surface area contributed by atoms with Gasteiger partial charge in [-0.05, 0) is 25.0 Å². The molecule has 0 saturated heterocycles. The van der Waals surface area contributed by atoms with Gasteiger partial charge in [0.2, 0.25) is 5.82 Å². The first kappa shape index (κ1) is 19.0. The summed E-state index contributed by atoms with van der Waals surface area (Å²) < 4.78 is 5.51. The van der Waals surface area contributed by atoms with Crippen LogP contribution in [-0.4, -0.2) is 21.0 Å². The molecular formula is C22H20N4O2S. The van der Waals surface area contributed by atoms with Crippen molar-refractivity contribution in [1.82, 2.24) is 15.1 Å². The number of hydrogen-bond donors (Lipinski definition) is 1. The van der Waals surface area contributed by atoms with Crippen LogP contribution < -0.4 is 5.32 Å². The van der Waals surface area contributed by atoms with E-state index in [1.807, 2.05) is 63.2 Å². The number of aryl methyl sites for hydroxylation is 1. The van der Waals surface area contributed by atoms with Crippen molar-refractivity contribution in [3.05, 3.63) is 71.4 Å². The van der Waals surface area contributed by atoms with E-state index in [0.29, 0.717) is 22.4 Å². The number of anilines is 1. The smallest absolute Gasteiger partial charge is 0.270 e. The van der Waals surface area contributed by atoms with Crippen molar-refractivity contribution in [3.8, 4) is 22.2 Å². The number of carbonyl (C=O) groups excluding carboxylic acids is 1. The Morgan fingerprint density at radius 1 is 1.03 bits per heavy atom. The van der Waals surface area contributed by atoms with Gasteiger partial charge in [-0.1, -0.05) is 78.4 Å². The van der Waals surface area contributed by atoms with Crippen LogP contribution in [-0.2, 0) is 0 Å². The quantitative estimate of drug-likeness (QED) is 0.472. The number of rotatable bonds is 5. The normalized spacial score (nSPS) is 11.0. The Labute approximate surface area is 172 Å². The van der Waals surface area contributed by atoms with Crippen molar-refractivity contribution in [3.63, 3.8) is 0 Å². The molecule has 7 heteroatoms. The zero-order valence-corrected chi connectivity index (χ0v) is 17.2. The van der Waals surface area contributed by atoms with E-state index in [4.69, 9.17) is 4.52 Å². The number of thiazole rings is 1.